The molecule has 0 aliphatic heterocycles. The predicted octanol–water partition coefficient (Wildman–Crippen LogP) is 5.89. The second kappa shape index (κ2) is 7.83. The van der Waals surface area contributed by atoms with Crippen LogP contribution in [0.25, 0.3) is 44.8 Å². The molecule has 1 aliphatic rings. The highest BCUT2D eigenvalue weighted by atomic mass is 32.1. The first-order chi connectivity index (χ1) is 17.2. The van der Waals surface area contributed by atoms with Gasteiger partial charge in [-0.25, -0.2) is 0 Å². The van der Waals surface area contributed by atoms with Crippen LogP contribution in [-0.4, -0.2) is 14.8 Å². The zero-order valence-corrected chi connectivity index (χ0v) is 19.9. The van der Waals surface area contributed by atoms with Gasteiger partial charge in [-0.3, -0.25) is 4.98 Å². The van der Waals surface area contributed by atoms with Crippen molar-refractivity contribution in [2.75, 3.05) is 0 Å². The maximum atomic E-state index is 6.58. The van der Waals surface area contributed by atoms with Crippen molar-refractivity contribution in [1.29, 1.82) is 0 Å². The number of aromatic nitrogens is 4. The number of rotatable bonds is 4. The summed E-state index contributed by atoms with van der Waals surface area (Å²) in [6.07, 6.45) is 7.32. The van der Waals surface area contributed by atoms with E-state index in [9.17, 15) is 0 Å². The molecule has 0 amide bonds. The maximum absolute atomic E-state index is 6.58. The van der Waals surface area contributed by atoms with Crippen molar-refractivity contribution in [1.82, 2.24) is 14.8 Å². The zero-order chi connectivity index (χ0) is 23.4. The minimum atomic E-state index is -0.178. The second-order valence-corrected chi connectivity index (χ2v) is 10.1. The van der Waals surface area contributed by atoms with Gasteiger partial charge in [0.2, 0.25) is 0 Å². The lowest BCUT2D eigenvalue weighted by atomic mass is 9.73. The van der Waals surface area contributed by atoms with Crippen LogP contribution in [0.2, 0.25) is 0 Å². The Kier molecular flexibility index (Phi) is 4.59. The Morgan fingerprint density at radius 3 is 2.46 bits per heavy atom. The normalized spacial score (nSPS) is 14.9. The predicted molar refractivity (Wildman–Crippen MR) is 140 cm³/mol. The van der Waals surface area contributed by atoms with Gasteiger partial charge in [-0.2, -0.15) is 15.7 Å². The topological polar surface area (TPSA) is 60.8 Å². The molecule has 1 saturated carbocycles. The molecule has 0 bridgehead atoms. The molecule has 0 unspecified atom stereocenters. The van der Waals surface area contributed by atoms with E-state index < -0.39 is 0 Å². The Labute approximate surface area is 207 Å². The summed E-state index contributed by atoms with van der Waals surface area (Å²) in [5, 5.41) is 10.4. The third-order valence-electron chi connectivity index (χ3n) is 7.21. The van der Waals surface area contributed by atoms with Crippen molar-refractivity contribution < 1.29 is 4.40 Å². The first-order valence-electron chi connectivity index (χ1n) is 11.9. The van der Waals surface area contributed by atoms with E-state index in [1.807, 2.05) is 16.9 Å². The van der Waals surface area contributed by atoms with Crippen molar-refractivity contribution in [3.05, 3.63) is 102 Å². The molecule has 7 rings (SSSR count). The van der Waals surface area contributed by atoms with Crippen LogP contribution in [0, 0.1) is 0 Å². The first kappa shape index (κ1) is 20.5. The lowest BCUT2D eigenvalue weighted by molar-refractivity contribution is -0.498. The quantitative estimate of drug-likeness (QED) is 0.324. The molecular weight excluding hydrogens is 450 g/mol. The van der Waals surface area contributed by atoms with E-state index in [-0.39, 0.29) is 5.54 Å². The van der Waals surface area contributed by atoms with Gasteiger partial charge in [-0.05, 0) is 66.1 Å². The fourth-order valence-electron chi connectivity index (χ4n) is 5.05. The van der Waals surface area contributed by atoms with Gasteiger partial charge in [-0.15, -0.1) is 0 Å². The van der Waals surface area contributed by atoms with Crippen molar-refractivity contribution >= 4 is 27.9 Å². The Balaban J connectivity index is 1.48. The second-order valence-electron chi connectivity index (χ2n) is 9.34. The number of nitrogens with two attached hydrogens (primary N) is 1. The van der Waals surface area contributed by atoms with E-state index in [0.29, 0.717) is 0 Å². The number of pyridine rings is 2. The number of nitrogens with zero attached hydrogens (tertiary/aromatic N) is 4. The molecule has 0 atom stereocenters. The van der Waals surface area contributed by atoms with Gasteiger partial charge in [0.15, 0.2) is 0 Å². The molecule has 5 nitrogen and oxygen atoms in total. The summed E-state index contributed by atoms with van der Waals surface area (Å²) < 4.78 is 4.21. The summed E-state index contributed by atoms with van der Waals surface area (Å²) in [5.41, 5.74) is 13.9. The van der Waals surface area contributed by atoms with Gasteiger partial charge in [-0.1, -0.05) is 47.1 Å². The summed E-state index contributed by atoms with van der Waals surface area (Å²) in [5.74, 6) is 0.909. The largest absolute Gasteiger partial charge is 0.321 e. The highest BCUT2D eigenvalue weighted by molar-refractivity contribution is 7.08. The molecule has 6 aromatic rings. The van der Waals surface area contributed by atoms with Gasteiger partial charge in [0.05, 0.1) is 27.8 Å². The van der Waals surface area contributed by atoms with Crippen LogP contribution in [-0.2, 0) is 5.54 Å². The van der Waals surface area contributed by atoms with Crippen molar-refractivity contribution in [2.24, 2.45) is 5.73 Å². The van der Waals surface area contributed by atoms with Crippen LogP contribution in [0.5, 0.6) is 0 Å². The Hall–Kier alpha value is -3.87. The smallest absolute Gasteiger partial charge is 0.315 e. The Bertz CT molecular complexity index is 1660. The fraction of sp³-hybridized carbons (Fsp3) is 0.138. The number of benzene rings is 2. The number of thiophene rings is 1. The Morgan fingerprint density at radius 2 is 1.74 bits per heavy atom. The van der Waals surface area contributed by atoms with Crippen LogP contribution in [0.3, 0.4) is 0 Å². The van der Waals surface area contributed by atoms with E-state index in [0.717, 1.165) is 57.6 Å². The molecule has 1 fully saturated rings. The van der Waals surface area contributed by atoms with Gasteiger partial charge in [0, 0.05) is 22.7 Å². The SMILES string of the molecule is NC1(c2ccc(-n3nc(-c4ccsc4)[n+]4ccc5ncc(-c6ccccc6)cc5c34)cc2)CCC1. The van der Waals surface area contributed by atoms with Crippen molar-refractivity contribution in [2.45, 2.75) is 24.8 Å². The van der Waals surface area contributed by atoms with Crippen molar-refractivity contribution in [3.63, 3.8) is 0 Å². The van der Waals surface area contributed by atoms with Gasteiger partial charge < -0.3 is 5.73 Å². The molecule has 4 aromatic heterocycles. The monoisotopic (exact) mass is 474 g/mol. The summed E-state index contributed by atoms with van der Waals surface area (Å²) in [4.78, 5) is 4.81. The van der Waals surface area contributed by atoms with Crippen LogP contribution >= 0.6 is 11.3 Å². The average molecular weight is 475 g/mol. The van der Waals surface area contributed by atoms with E-state index in [4.69, 9.17) is 15.8 Å². The third-order valence-corrected chi connectivity index (χ3v) is 7.89. The van der Waals surface area contributed by atoms with Crippen LogP contribution < -0.4 is 10.1 Å². The summed E-state index contributed by atoms with van der Waals surface area (Å²) >= 11 is 1.68. The molecule has 0 radical (unpaired) electrons. The van der Waals surface area contributed by atoms with Gasteiger partial charge >= 0.3 is 5.82 Å². The average Bonchev–Trinajstić information content (AvgIpc) is 3.56. The molecule has 35 heavy (non-hydrogen) atoms. The van der Waals surface area contributed by atoms with E-state index in [1.54, 1.807) is 11.3 Å². The molecule has 6 heteroatoms. The van der Waals surface area contributed by atoms with Gasteiger partial charge in [0.25, 0.3) is 5.65 Å². The molecular formula is C29H24N5S+. The molecule has 2 N–H and O–H groups in total. The van der Waals surface area contributed by atoms with Gasteiger partial charge in [0.1, 0.15) is 5.69 Å². The van der Waals surface area contributed by atoms with E-state index >= 15 is 0 Å². The molecule has 1 aliphatic carbocycles. The molecule has 170 valence electrons. The fourth-order valence-corrected chi connectivity index (χ4v) is 5.68. The Morgan fingerprint density at radius 1 is 0.914 bits per heavy atom. The van der Waals surface area contributed by atoms with E-state index in [2.05, 4.69) is 88.1 Å². The standard InChI is InChI=1S/C29H24N5S/c30-29(13-4-14-29)23-7-9-24(10-8-23)34-28-25-17-22(20-5-2-1-3-6-20)18-31-26(25)11-15-33(28)27(32-34)21-12-16-35-19-21/h1-3,5-12,15-19H,4,13-14,30H2/q+1. The summed E-state index contributed by atoms with van der Waals surface area (Å²) in [7, 11) is 0. The molecule has 2 aromatic carbocycles. The third kappa shape index (κ3) is 3.29. The first-order valence-corrected chi connectivity index (χ1v) is 12.8. The minimum Gasteiger partial charge on any atom is -0.321 e. The number of hydrogen-bond acceptors (Lipinski definition) is 4. The number of fused-ring (bicyclic) bond motifs is 3. The van der Waals surface area contributed by atoms with E-state index in [1.165, 1.54) is 12.0 Å². The summed E-state index contributed by atoms with van der Waals surface area (Å²) in [6, 6.07) is 25.4. The molecule has 4 heterocycles. The lowest BCUT2D eigenvalue weighted by Gasteiger charge is -2.38. The van der Waals surface area contributed by atoms with Crippen LogP contribution in [0.15, 0.2) is 96.0 Å². The minimum absolute atomic E-state index is 0.178. The molecule has 0 saturated heterocycles. The van der Waals surface area contributed by atoms with Crippen LogP contribution in [0.1, 0.15) is 24.8 Å². The van der Waals surface area contributed by atoms with Crippen molar-refractivity contribution in [3.8, 4) is 28.2 Å². The highest BCUT2D eigenvalue weighted by Gasteiger charge is 2.34. The number of hydrogen-bond donors (Lipinski definition) is 1. The van der Waals surface area contributed by atoms with Crippen LogP contribution in [0.4, 0.5) is 0 Å². The summed E-state index contributed by atoms with van der Waals surface area (Å²) in [6.45, 7) is 0. The highest BCUT2D eigenvalue weighted by Crippen LogP contribution is 2.39. The lowest BCUT2D eigenvalue weighted by Crippen LogP contribution is -2.43. The molecule has 0 spiro atoms. The zero-order valence-electron chi connectivity index (χ0n) is 19.1. The maximum Gasteiger partial charge on any atom is 0.315 e.